The summed E-state index contributed by atoms with van der Waals surface area (Å²) < 4.78 is 31.2. The molecule has 1 heterocycles. The van der Waals surface area contributed by atoms with Crippen molar-refractivity contribution in [3.8, 4) is 5.75 Å². The number of fused-ring (bicyclic) bond motifs is 1. The Morgan fingerprint density at radius 2 is 1.84 bits per heavy atom. The normalized spacial score (nSPS) is 12.1. The molecule has 0 atom stereocenters. The number of halogens is 1. The van der Waals surface area contributed by atoms with Crippen LogP contribution >= 0.6 is 11.6 Å². The highest BCUT2D eigenvalue weighted by molar-refractivity contribution is 7.89. The number of hydrogen-bond acceptors (Lipinski definition) is 6. The van der Waals surface area contributed by atoms with Gasteiger partial charge in [-0.3, -0.25) is 9.69 Å². The molecule has 0 bridgehead atoms. The standard InChI is InChI=1S/C21H25ClN4O4S/c1-4-26(14-20-23-19-13-15(22)5-10-18(19)21(27)24-20)11-12-30-16-6-8-17(9-7-16)31(28,29)25(2)3/h5-10,13H,4,11-12,14H2,1-3H3,(H,23,24,27). The lowest BCUT2D eigenvalue weighted by Crippen LogP contribution is -2.29. The van der Waals surface area contributed by atoms with Crippen LogP contribution in [0.2, 0.25) is 5.02 Å². The van der Waals surface area contributed by atoms with E-state index in [1.807, 2.05) is 6.92 Å². The molecule has 8 nitrogen and oxygen atoms in total. The van der Waals surface area contributed by atoms with E-state index in [4.69, 9.17) is 16.3 Å². The van der Waals surface area contributed by atoms with Crippen LogP contribution in [-0.2, 0) is 16.6 Å². The number of aromatic amines is 1. The maximum Gasteiger partial charge on any atom is 0.258 e. The Morgan fingerprint density at radius 1 is 1.13 bits per heavy atom. The van der Waals surface area contributed by atoms with Crippen LogP contribution in [0.1, 0.15) is 12.7 Å². The SMILES string of the molecule is CCN(CCOc1ccc(S(=O)(=O)N(C)C)cc1)Cc1nc2cc(Cl)ccc2c(=O)[nH]1. The lowest BCUT2D eigenvalue weighted by molar-refractivity contribution is 0.206. The number of nitrogens with one attached hydrogen (secondary N) is 1. The molecular weight excluding hydrogens is 440 g/mol. The number of hydrogen-bond donors (Lipinski definition) is 1. The molecule has 31 heavy (non-hydrogen) atoms. The van der Waals surface area contributed by atoms with Crippen molar-refractivity contribution in [2.24, 2.45) is 0 Å². The zero-order valence-electron chi connectivity index (χ0n) is 17.6. The van der Waals surface area contributed by atoms with E-state index in [1.165, 1.54) is 30.5 Å². The van der Waals surface area contributed by atoms with Gasteiger partial charge in [0.2, 0.25) is 10.0 Å². The van der Waals surface area contributed by atoms with E-state index < -0.39 is 10.0 Å². The first-order chi connectivity index (χ1) is 14.7. The molecule has 166 valence electrons. The Balaban J connectivity index is 1.61. The first-order valence-corrected chi connectivity index (χ1v) is 11.6. The third-order valence-corrected chi connectivity index (χ3v) is 6.88. The Hall–Kier alpha value is -2.46. The zero-order chi connectivity index (χ0) is 22.6. The van der Waals surface area contributed by atoms with Crippen LogP contribution < -0.4 is 10.3 Å². The van der Waals surface area contributed by atoms with Gasteiger partial charge in [-0.2, -0.15) is 0 Å². The lowest BCUT2D eigenvalue weighted by atomic mass is 10.2. The molecule has 0 radical (unpaired) electrons. The molecule has 2 aromatic carbocycles. The number of H-pyrrole nitrogens is 1. The van der Waals surface area contributed by atoms with Crippen molar-refractivity contribution in [3.05, 3.63) is 63.7 Å². The van der Waals surface area contributed by atoms with E-state index in [2.05, 4.69) is 14.9 Å². The Morgan fingerprint density at radius 3 is 2.48 bits per heavy atom. The van der Waals surface area contributed by atoms with Gasteiger partial charge in [0.1, 0.15) is 18.2 Å². The molecule has 0 spiro atoms. The van der Waals surface area contributed by atoms with Gasteiger partial charge in [0.15, 0.2) is 0 Å². The van der Waals surface area contributed by atoms with Gasteiger partial charge in [0.25, 0.3) is 5.56 Å². The summed E-state index contributed by atoms with van der Waals surface area (Å²) in [6, 6.07) is 11.3. The van der Waals surface area contributed by atoms with Crippen molar-refractivity contribution in [3.63, 3.8) is 0 Å². The first kappa shape index (κ1) is 23.2. The van der Waals surface area contributed by atoms with Gasteiger partial charge < -0.3 is 9.72 Å². The second-order valence-electron chi connectivity index (χ2n) is 7.15. The summed E-state index contributed by atoms with van der Waals surface area (Å²) in [6.45, 7) is 4.21. The summed E-state index contributed by atoms with van der Waals surface area (Å²) in [5, 5.41) is 1.03. The third kappa shape index (κ3) is 5.62. The van der Waals surface area contributed by atoms with Gasteiger partial charge in [-0.05, 0) is 49.0 Å². The number of aromatic nitrogens is 2. The van der Waals surface area contributed by atoms with E-state index >= 15 is 0 Å². The highest BCUT2D eigenvalue weighted by atomic mass is 35.5. The minimum absolute atomic E-state index is 0.197. The van der Waals surface area contributed by atoms with E-state index in [-0.39, 0.29) is 10.5 Å². The van der Waals surface area contributed by atoms with Crippen LogP contribution in [0, 0.1) is 0 Å². The molecule has 0 aliphatic heterocycles. The molecular formula is C21H25ClN4O4S. The molecule has 0 unspecified atom stereocenters. The molecule has 0 amide bonds. The molecule has 3 aromatic rings. The number of sulfonamides is 1. The summed E-state index contributed by atoms with van der Waals surface area (Å²) in [5.74, 6) is 1.14. The van der Waals surface area contributed by atoms with Gasteiger partial charge in [0.05, 0.1) is 22.3 Å². The van der Waals surface area contributed by atoms with E-state index in [1.54, 1.807) is 30.3 Å². The fraction of sp³-hybridized carbons (Fsp3) is 0.333. The Bertz CT molecular complexity index is 1210. The van der Waals surface area contributed by atoms with Crippen molar-refractivity contribution < 1.29 is 13.2 Å². The molecule has 3 rings (SSSR count). The van der Waals surface area contributed by atoms with Crippen molar-refractivity contribution in [2.75, 3.05) is 33.8 Å². The predicted octanol–water partition coefficient (Wildman–Crippen LogP) is 2.73. The van der Waals surface area contributed by atoms with Crippen LogP contribution in [0.3, 0.4) is 0 Å². The second-order valence-corrected chi connectivity index (χ2v) is 9.74. The summed E-state index contributed by atoms with van der Waals surface area (Å²) in [5.41, 5.74) is 0.364. The largest absolute Gasteiger partial charge is 0.492 e. The summed E-state index contributed by atoms with van der Waals surface area (Å²) >= 11 is 6.02. The molecule has 0 aliphatic carbocycles. The minimum atomic E-state index is -3.46. The topological polar surface area (TPSA) is 95.6 Å². The van der Waals surface area contributed by atoms with Crippen LogP contribution in [0.15, 0.2) is 52.2 Å². The van der Waals surface area contributed by atoms with Crippen molar-refractivity contribution in [1.29, 1.82) is 0 Å². The maximum atomic E-state index is 12.3. The van der Waals surface area contributed by atoms with Gasteiger partial charge in [-0.15, -0.1) is 0 Å². The molecule has 0 aliphatic rings. The number of ether oxygens (including phenoxy) is 1. The fourth-order valence-corrected chi connectivity index (χ4v) is 4.08. The van der Waals surface area contributed by atoms with Crippen LogP contribution in [-0.4, -0.2) is 61.4 Å². The average Bonchev–Trinajstić information content (AvgIpc) is 2.73. The fourth-order valence-electron chi connectivity index (χ4n) is 3.01. The number of rotatable bonds is 9. The summed E-state index contributed by atoms with van der Waals surface area (Å²) in [6.07, 6.45) is 0. The van der Waals surface area contributed by atoms with Gasteiger partial charge in [-0.25, -0.2) is 17.7 Å². The molecule has 0 saturated heterocycles. The molecule has 0 fully saturated rings. The van der Waals surface area contributed by atoms with Gasteiger partial charge in [-0.1, -0.05) is 18.5 Å². The first-order valence-electron chi connectivity index (χ1n) is 9.77. The smallest absolute Gasteiger partial charge is 0.258 e. The van der Waals surface area contributed by atoms with E-state index in [0.29, 0.717) is 47.2 Å². The highest BCUT2D eigenvalue weighted by Gasteiger charge is 2.16. The average molecular weight is 465 g/mol. The van der Waals surface area contributed by atoms with Gasteiger partial charge in [0, 0.05) is 25.7 Å². The highest BCUT2D eigenvalue weighted by Crippen LogP contribution is 2.18. The third-order valence-electron chi connectivity index (χ3n) is 4.82. The van der Waals surface area contributed by atoms with E-state index in [0.717, 1.165) is 6.54 Å². The summed E-state index contributed by atoms with van der Waals surface area (Å²) in [7, 11) is -0.480. The Labute approximate surface area is 186 Å². The molecule has 10 heteroatoms. The molecule has 1 aromatic heterocycles. The summed E-state index contributed by atoms with van der Waals surface area (Å²) in [4.78, 5) is 21.9. The van der Waals surface area contributed by atoms with Crippen LogP contribution in [0.4, 0.5) is 0 Å². The van der Waals surface area contributed by atoms with Crippen molar-refractivity contribution in [2.45, 2.75) is 18.4 Å². The lowest BCUT2D eigenvalue weighted by Gasteiger charge is -2.20. The van der Waals surface area contributed by atoms with Crippen LogP contribution in [0.25, 0.3) is 10.9 Å². The maximum absolute atomic E-state index is 12.3. The second kappa shape index (κ2) is 9.78. The Kier molecular flexibility index (Phi) is 7.32. The molecule has 0 saturated carbocycles. The van der Waals surface area contributed by atoms with E-state index in [9.17, 15) is 13.2 Å². The van der Waals surface area contributed by atoms with Gasteiger partial charge >= 0.3 is 0 Å². The van der Waals surface area contributed by atoms with Crippen molar-refractivity contribution >= 4 is 32.5 Å². The number of benzene rings is 2. The number of likely N-dealkylation sites (N-methyl/N-ethyl adjacent to an activating group) is 1. The number of nitrogens with zero attached hydrogens (tertiary/aromatic N) is 3. The monoisotopic (exact) mass is 464 g/mol. The minimum Gasteiger partial charge on any atom is -0.492 e. The predicted molar refractivity (Wildman–Crippen MR) is 121 cm³/mol. The van der Waals surface area contributed by atoms with Crippen molar-refractivity contribution in [1.82, 2.24) is 19.2 Å². The molecule has 1 N–H and O–H groups in total. The zero-order valence-corrected chi connectivity index (χ0v) is 19.2. The quantitative estimate of drug-likeness (QED) is 0.523. The van der Waals surface area contributed by atoms with Crippen LogP contribution in [0.5, 0.6) is 5.75 Å².